The third kappa shape index (κ3) is 5.69. The summed E-state index contributed by atoms with van der Waals surface area (Å²) >= 11 is 0. The van der Waals surface area contributed by atoms with Crippen LogP contribution >= 0.6 is 0 Å². The summed E-state index contributed by atoms with van der Waals surface area (Å²) in [6.07, 6.45) is 5.07. The van der Waals surface area contributed by atoms with Crippen LogP contribution in [0.1, 0.15) is 113 Å². The van der Waals surface area contributed by atoms with E-state index in [0.29, 0.717) is 18.3 Å². The number of carbonyl (C=O) groups excluding carboxylic acids is 2. The van der Waals surface area contributed by atoms with Crippen LogP contribution in [0.4, 0.5) is 22.8 Å². The predicted molar refractivity (Wildman–Crippen MR) is 190 cm³/mol. The summed E-state index contributed by atoms with van der Waals surface area (Å²) in [5.74, 6) is 0.0722. The number of hydrogen-bond acceptors (Lipinski definition) is 8. The minimum atomic E-state index is -5.31. The first kappa shape index (κ1) is 39.4. The van der Waals surface area contributed by atoms with Crippen LogP contribution < -0.4 is 5.32 Å². The summed E-state index contributed by atoms with van der Waals surface area (Å²) < 4.78 is 79.8. The molecule has 2 N–H and O–H groups in total. The van der Waals surface area contributed by atoms with Gasteiger partial charge in [-0.15, -0.1) is 0 Å². The molecule has 0 aromatic rings. The average Bonchev–Trinajstić information content (AvgIpc) is 3.66. The maximum absolute atomic E-state index is 12.9. The zero-order chi connectivity index (χ0) is 38.7. The maximum atomic E-state index is 12.9. The van der Waals surface area contributed by atoms with Crippen molar-refractivity contribution < 1.29 is 50.5 Å². The number of aliphatic hydroxyl groups is 1. The number of amides is 2. The van der Waals surface area contributed by atoms with Gasteiger partial charge >= 0.3 is 17.7 Å². The Kier molecular flexibility index (Phi) is 9.57. The number of halogens is 3. The van der Waals surface area contributed by atoms with Gasteiger partial charge in [0.2, 0.25) is 9.84 Å². The molecule has 2 heterocycles. The van der Waals surface area contributed by atoms with Gasteiger partial charge in [-0.3, -0.25) is 0 Å². The summed E-state index contributed by atoms with van der Waals surface area (Å²) in [7, 11) is -5.24. The number of aliphatic hydroxyl groups excluding tert-OH is 1. The number of hydrogen-bond donors (Lipinski definition) is 2. The van der Waals surface area contributed by atoms with Crippen LogP contribution in [-0.4, -0.2) is 92.0 Å². The number of likely N-dealkylation sites (tertiary alicyclic amines) is 1. The first-order valence-corrected chi connectivity index (χ1v) is 21.8. The van der Waals surface area contributed by atoms with Crippen molar-refractivity contribution in [3.05, 3.63) is 0 Å². The molecule has 0 aromatic heterocycles. The second kappa shape index (κ2) is 12.9. The van der Waals surface area contributed by atoms with Gasteiger partial charge in [-0.05, 0) is 110 Å². The van der Waals surface area contributed by atoms with Gasteiger partial charge in [0.1, 0.15) is 12.2 Å². The fourth-order valence-electron chi connectivity index (χ4n) is 13.8. The first-order chi connectivity index (χ1) is 24.6. The van der Waals surface area contributed by atoms with E-state index in [0.717, 1.165) is 64.5 Å². The molecule has 0 unspecified atom stereocenters. The number of fused-ring (bicyclic) bond motifs is 4. The van der Waals surface area contributed by atoms with E-state index in [-0.39, 0.29) is 88.3 Å². The van der Waals surface area contributed by atoms with Crippen molar-refractivity contribution in [3.63, 3.8) is 0 Å². The Morgan fingerprint density at radius 2 is 1.68 bits per heavy atom. The monoisotopic (exact) mass is 774 g/mol. The largest absolute Gasteiger partial charge is 0.497 e. The van der Waals surface area contributed by atoms with Gasteiger partial charge < -0.3 is 29.5 Å². The van der Waals surface area contributed by atoms with Crippen LogP contribution in [0.25, 0.3) is 0 Å². The van der Waals surface area contributed by atoms with Crippen molar-refractivity contribution in [2.45, 2.75) is 149 Å². The number of ether oxygens (including phenoxy) is 3. The van der Waals surface area contributed by atoms with E-state index < -0.39 is 33.3 Å². The van der Waals surface area contributed by atoms with Crippen molar-refractivity contribution in [3.8, 4) is 0 Å². The van der Waals surface area contributed by atoms with Gasteiger partial charge in [-0.2, -0.15) is 13.2 Å². The highest BCUT2D eigenvalue weighted by atomic mass is 32.2. The van der Waals surface area contributed by atoms with Crippen molar-refractivity contribution in [1.29, 1.82) is 0 Å². The quantitative estimate of drug-likeness (QED) is 0.250. The molecule has 13 atom stereocenters. The fourth-order valence-corrected chi connectivity index (χ4v) is 14.6. The molecule has 2 aliphatic heterocycles. The molecule has 10 nitrogen and oxygen atoms in total. The molecule has 14 heteroatoms. The van der Waals surface area contributed by atoms with E-state index in [1.165, 1.54) is 0 Å². The van der Waals surface area contributed by atoms with Crippen LogP contribution in [0.15, 0.2) is 0 Å². The Hall–Kier alpha value is -1.80. The normalized spacial score (nSPS) is 44.6. The second-order valence-electron chi connectivity index (χ2n) is 19.4. The average molecular weight is 775 g/mol. The van der Waals surface area contributed by atoms with E-state index in [1.54, 1.807) is 4.90 Å². The molecule has 2 saturated heterocycles. The molecule has 53 heavy (non-hydrogen) atoms. The molecule has 5 saturated carbocycles. The van der Waals surface area contributed by atoms with Crippen LogP contribution in [-0.2, 0) is 24.0 Å². The molecule has 7 fully saturated rings. The third-order valence-electron chi connectivity index (χ3n) is 16.6. The molecule has 2 amide bonds. The Morgan fingerprint density at radius 3 is 2.30 bits per heavy atom. The number of sulfone groups is 1. The van der Waals surface area contributed by atoms with Crippen LogP contribution in [0.3, 0.4) is 0 Å². The SMILES string of the molecule is CC(C)[C@@H](OC(=O)N1CCC1)[C@H]1C[C@@H](C)[C@H]2[C@H](O1)[C@H](O)[C@@]1(C)[C@@H]3CC[C@H]4C(C)(C)[C@@H](OC(=O)NCCCS(=O)(=O)C(F)(F)F)CC[C@@]45C[C@@]35CC[C@]21C. The first-order valence-electron chi connectivity index (χ1n) is 20.1. The highest BCUT2D eigenvalue weighted by molar-refractivity contribution is 7.92. The summed E-state index contributed by atoms with van der Waals surface area (Å²) in [5.41, 5.74) is -5.97. The zero-order valence-electron chi connectivity index (χ0n) is 32.5. The molecular formula is C39H61F3N2O8S. The molecule has 7 aliphatic rings. The molecule has 0 bridgehead atoms. The van der Waals surface area contributed by atoms with E-state index >= 15 is 0 Å². The topological polar surface area (TPSA) is 131 Å². The van der Waals surface area contributed by atoms with Gasteiger partial charge in [-0.1, -0.05) is 48.5 Å². The van der Waals surface area contributed by atoms with E-state index in [1.807, 2.05) is 0 Å². The Balaban J connectivity index is 1.04. The molecule has 5 aliphatic carbocycles. The highest BCUT2D eigenvalue weighted by Crippen LogP contribution is 2.89. The van der Waals surface area contributed by atoms with Crippen molar-refractivity contribution in [2.24, 2.45) is 56.7 Å². The maximum Gasteiger partial charge on any atom is 0.497 e. The number of nitrogens with one attached hydrogen (secondary N) is 1. The molecule has 2 spiro atoms. The lowest BCUT2D eigenvalue weighted by Gasteiger charge is -2.63. The van der Waals surface area contributed by atoms with E-state index in [2.05, 4.69) is 53.8 Å². The number of nitrogens with zero attached hydrogens (tertiary/aromatic N) is 1. The van der Waals surface area contributed by atoms with Crippen molar-refractivity contribution >= 4 is 22.0 Å². The Morgan fingerprint density at radius 1 is 1.02 bits per heavy atom. The van der Waals surface area contributed by atoms with Crippen molar-refractivity contribution in [1.82, 2.24) is 10.2 Å². The molecule has 7 rings (SSSR count). The lowest BCUT2D eigenvalue weighted by molar-refractivity contribution is -0.185. The van der Waals surface area contributed by atoms with Crippen LogP contribution in [0.2, 0.25) is 0 Å². The third-order valence-corrected chi connectivity index (χ3v) is 18.1. The predicted octanol–water partition coefficient (Wildman–Crippen LogP) is 7.09. The number of alkyl carbamates (subject to hydrolysis) is 1. The number of alkyl halides is 3. The van der Waals surface area contributed by atoms with Gasteiger partial charge in [0.15, 0.2) is 0 Å². The number of rotatable bonds is 8. The number of carbonyl (C=O) groups is 2. The fraction of sp³-hybridized carbons (Fsp3) is 0.949. The molecule has 0 aromatic carbocycles. The second-order valence-corrected chi connectivity index (χ2v) is 21.5. The van der Waals surface area contributed by atoms with Gasteiger partial charge in [0.05, 0.1) is 24.1 Å². The standard InChI is InChI=1S/C39H61F3N2O8S/c1-22(2)29(52-33(47)44-17-9-18-44)24-20-23(3)28-30(50-24)31(45)36(7)26-11-10-25-34(4,5)27(12-13-37(25)21-38(26,37)15-14-35(28,36)6)51-32(46)43-16-8-19-53(48,49)39(40,41)42/h22-31,45H,8-21H2,1-7H3,(H,43,46)/t23-,24-,25+,26+,27+,28+,29-,30+,31+,35-,36-,37-,38+/m1/s1. The summed E-state index contributed by atoms with van der Waals surface area (Å²) in [4.78, 5) is 27.5. The molecule has 302 valence electrons. The highest BCUT2D eigenvalue weighted by Gasteiger charge is 2.84. The molecular weight excluding hydrogens is 713 g/mol. The lowest BCUT2D eigenvalue weighted by atomic mass is 9.41. The minimum absolute atomic E-state index is 0.0708. The summed E-state index contributed by atoms with van der Waals surface area (Å²) in [6, 6.07) is 0. The lowest BCUT2D eigenvalue weighted by Crippen LogP contribution is -2.60. The minimum Gasteiger partial charge on any atom is -0.446 e. The smallest absolute Gasteiger partial charge is 0.446 e. The van der Waals surface area contributed by atoms with Gasteiger partial charge in [-0.25, -0.2) is 18.0 Å². The van der Waals surface area contributed by atoms with Crippen molar-refractivity contribution in [2.75, 3.05) is 25.4 Å². The Labute approximate surface area is 312 Å². The van der Waals surface area contributed by atoms with Gasteiger partial charge in [0, 0.05) is 30.5 Å². The van der Waals surface area contributed by atoms with Crippen LogP contribution in [0.5, 0.6) is 0 Å². The van der Waals surface area contributed by atoms with E-state index in [4.69, 9.17) is 14.2 Å². The zero-order valence-corrected chi connectivity index (χ0v) is 33.3. The van der Waals surface area contributed by atoms with E-state index in [9.17, 15) is 36.3 Å². The van der Waals surface area contributed by atoms with Crippen LogP contribution in [0, 0.1) is 56.7 Å². The molecule has 0 radical (unpaired) electrons. The summed E-state index contributed by atoms with van der Waals surface area (Å²) in [6.45, 7) is 16.8. The summed E-state index contributed by atoms with van der Waals surface area (Å²) in [5, 5.41) is 15.1. The van der Waals surface area contributed by atoms with Gasteiger partial charge in [0.25, 0.3) is 0 Å². The Bertz CT molecular complexity index is 1570.